The molecule has 7 nitrogen and oxygen atoms in total. The lowest BCUT2D eigenvalue weighted by molar-refractivity contribution is -0.383. The number of carbonyl (C=O) groups excluding carboxylic acids is 1. The molecule has 0 atom stereocenters. The van der Waals surface area contributed by atoms with Crippen LogP contribution in [0, 0.1) is 10.1 Å². The van der Waals surface area contributed by atoms with Crippen molar-refractivity contribution in [2.75, 3.05) is 30.7 Å². The highest BCUT2D eigenvalue weighted by atomic mass is 16.6. The second-order valence-corrected chi connectivity index (χ2v) is 4.47. The lowest BCUT2D eigenvalue weighted by Crippen LogP contribution is -2.32. The van der Waals surface area contributed by atoms with Gasteiger partial charge in [0.1, 0.15) is 5.69 Å². The summed E-state index contributed by atoms with van der Waals surface area (Å²) in [5.74, 6) is 0.0365. The maximum atomic E-state index is 11.8. The number of likely N-dealkylation sites (tertiary alicyclic amines) is 1. The van der Waals surface area contributed by atoms with Crippen LogP contribution in [0.3, 0.4) is 0 Å². The van der Waals surface area contributed by atoms with Crippen LogP contribution in [0.1, 0.15) is 12.8 Å². The van der Waals surface area contributed by atoms with Gasteiger partial charge in [0.2, 0.25) is 5.91 Å². The van der Waals surface area contributed by atoms with Crippen molar-refractivity contribution in [2.45, 2.75) is 12.8 Å². The molecule has 2 rings (SSSR count). The van der Waals surface area contributed by atoms with E-state index in [0.29, 0.717) is 5.69 Å². The number of nitro groups is 1. The fourth-order valence-corrected chi connectivity index (χ4v) is 2.09. The van der Waals surface area contributed by atoms with Crippen LogP contribution in [-0.2, 0) is 4.79 Å². The molecular formula is C12H16N4O3. The van der Waals surface area contributed by atoms with Crippen LogP contribution >= 0.6 is 0 Å². The fourth-order valence-electron chi connectivity index (χ4n) is 2.09. The molecule has 0 bridgehead atoms. The third-order valence-corrected chi connectivity index (χ3v) is 3.13. The van der Waals surface area contributed by atoms with Gasteiger partial charge in [-0.05, 0) is 25.0 Å². The molecule has 1 aliphatic heterocycles. The first-order chi connectivity index (χ1) is 9.08. The molecule has 3 N–H and O–H groups in total. The van der Waals surface area contributed by atoms with Crippen LogP contribution in [0.2, 0.25) is 0 Å². The van der Waals surface area contributed by atoms with Gasteiger partial charge in [-0.3, -0.25) is 14.9 Å². The zero-order chi connectivity index (χ0) is 13.8. The van der Waals surface area contributed by atoms with Gasteiger partial charge in [0.05, 0.1) is 11.5 Å². The average Bonchev–Trinajstić information content (AvgIpc) is 2.89. The number of anilines is 2. The number of hydrogen-bond acceptors (Lipinski definition) is 5. The first-order valence-electron chi connectivity index (χ1n) is 6.13. The van der Waals surface area contributed by atoms with Gasteiger partial charge in [-0.2, -0.15) is 0 Å². The molecule has 0 spiro atoms. The number of nitrogens with one attached hydrogen (secondary N) is 1. The number of benzene rings is 1. The minimum absolute atomic E-state index is 0.0365. The molecular weight excluding hydrogens is 248 g/mol. The first kappa shape index (κ1) is 13.1. The second kappa shape index (κ2) is 5.55. The van der Waals surface area contributed by atoms with E-state index < -0.39 is 4.92 Å². The Bertz CT molecular complexity index is 498. The van der Waals surface area contributed by atoms with Gasteiger partial charge in [-0.15, -0.1) is 0 Å². The minimum atomic E-state index is -0.533. The number of nitrogen functional groups attached to an aromatic ring is 1. The van der Waals surface area contributed by atoms with Crippen LogP contribution in [0.25, 0.3) is 0 Å². The van der Waals surface area contributed by atoms with Gasteiger partial charge in [0.15, 0.2) is 0 Å². The Morgan fingerprint density at radius 3 is 2.68 bits per heavy atom. The zero-order valence-corrected chi connectivity index (χ0v) is 10.5. The Kier molecular flexibility index (Phi) is 3.84. The highest BCUT2D eigenvalue weighted by Crippen LogP contribution is 2.24. The molecule has 1 fully saturated rings. The summed E-state index contributed by atoms with van der Waals surface area (Å²) in [6.45, 7) is 1.79. The van der Waals surface area contributed by atoms with Gasteiger partial charge in [-0.1, -0.05) is 0 Å². The molecule has 0 radical (unpaired) electrons. The van der Waals surface area contributed by atoms with Gasteiger partial charge in [-0.25, -0.2) is 0 Å². The number of nitrogens with zero attached hydrogens (tertiary/aromatic N) is 2. The summed E-state index contributed by atoms with van der Waals surface area (Å²) in [5, 5.41) is 13.6. The van der Waals surface area contributed by atoms with Crippen molar-refractivity contribution in [3.8, 4) is 0 Å². The van der Waals surface area contributed by atoms with E-state index in [4.69, 9.17) is 5.73 Å². The molecule has 1 aromatic carbocycles. The fraction of sp³-hybridized carbons (Fsp3) is 0.417. The molecule has 1 saturated heterocycles. The van der Waals surface area contributed by atoms with E-state index in [0.717, 1.165) is 25.9 Å². The van der Waals surface area contributed by atoms with Crippen molar-refractivity contribution in [2.24, 2.45) is 0 Å². The second-order valence-electron chi connectivity index (χ2n) is 4.47. The van der Waals surface area contributed by atoms with Gasteiger partial charge in [0, 0.05) is 24.8 Å². The van der Waals surface area contributed by atoms with Crippen molar-refractivity contribution in [3.05, 3.63) is 28.3 Å². The maximum absolute atomic E-state index is 11.8. The Morgan fingerprint density at radius 2 is 2.11 bits per heavy atom. The molecule has 1 amide bonds. The summed E-state index contributed by atoms with van der Waals surface area (Å²) >= 11 is 0. The predicted octanol–water partition coefficient (Wildman–Crippen LogP) is 1.21. The van der Waals surface area contributed by atoms with Gasteiger partial charge >= 0.3 is 0 Å². The van der Waals surface area contributed by atoms with E-state index >= 15 is 0 Å². The number of rotatable bonds is 4. The van der Waals surface area contributed by atoms with Crippen molar-refractivity contribution in [3.63, 3.8) is 0 Å². The molecule has 0 saturated carbocycles. The third-order valence-electron chi connectivity index (χ3n) is 3.13. The first-order valence-corrected chi connectivity index (χ1v) is 6.13. The average molecular weight is 264 g/mol. The van der Waals surface area contributed by atoms with Crippen molar-refractivity contribution in [1.29, 1.82) is 0 Å². The Balaban J connectivity index is 1.94. The van der Waals surface area contributed by atoms with Crippen LogP contribution in [-0.4, -0.2) is 35.4 Å². The van der Waals surface area contributed by atoms with E-state index in [9.17, 15) is 14.9 Å². The Labute approximate surface area is 110 Å². The molecule has 0 aromatic heterocycles. The molecule has 1 aromatic rings. The summed E-state index contributed by atoms with van der Waals surface area (Å²) in [6.07, 6.45) is 2.10. The molecule has 102 valence electrons. The number of carbonyl (C=O) groups is 1. The number of hydrogen-bond donors (Lipinski definition) is 2. The molecule has 7 heteroatoms. The summed E-state index contributed by atoms with van der Waals surface area (Å²) in [5.41, 5.74) is 6.14. The van der Waals surface area contributed by atoms with Gasteiger partial charge in [0.25, 0.3) is 5.69 Å². The van der Waals surface area contributed by atoms with Crippen molar-refractivity contribution < 1.29 is 9.72 Å². The molecule has 1 heterocycles. The highest BCUT2D eigenvalue weighted by Gasteiger charge is 2.17. The van der Waals surface area contributed by atoms with E-state index in [1.54, 1.807) is 6.07 Å². The number of amides is 1. The third kappa shape index (κ3) is 3.12. The van der Waals surface area contributed by atoms with Gasteiger partial charge < -0.3 is 16.0 Å². The van der Waals surface area contributed by atoms with E-state index in [2.05, 4.69) is 5.32 Å². The van der Waals surface area contributed by atoms with Crippen LogP contribution in [0.15, 0.2) is 18.2 Å². The molecule has 1 aliphatic rings. The van der Waals surface area contributed by atoms with Crippen LogP contribution in [0.5, 0.6) is 0 Å². The van der Waals surface area contributed by atoms with E-state index in [1.165, 1.54) is 12.1 Å². The van der Waals surface area contributed by atoms with Crippen molar-refractivity contribution >= 4 is 23.0 Å². The molecule has 0 unspecified atom stereocenters. The standard InChI is InChI=1S/C12H16N4O3/c13-10-7-9(3-4-11(10)16(18)19)14-8-12(17)15-5-1-2-6-15/h3-4,7,14H,1-2,5-6,8,13H2. The van der Waals surface area contributed by atoms with Crippen LogP contribution in [0.4, 0.5) is 17.1 Å². The Hall–Kier alpha value is -2.31. The van der Waals surface area contributed by atoms with Crippen LogP contribution < -0.4 is 11.1 Å². The quantitative estimate of drug-likeness (QED) is 0.483. The summed E-state index contributed by atoms with van der Waals surface area (Å²) in [4.78, 5) is 23.7. The number of nitro benzene ring substituents is 1. The van der Waals surface area contributed by atoms with E-state index in [1.807, 2.05) is 4.90 Å². The number of nitrogens with two attached hydrogens (primary N) is 1. The highest BCUT2D eigenvalue weighted by molar-refractivity contribution is 5.81. The minimum Gasteiger partial charge on any atom is -0.393 e. The topological polar surface area (TPSA) is 102 Å². The lowest BCUT2D eigenvalue weighted by atomic mass is 10.2. The predicted molar refractivity (Wildman–Crippen MR) is 71.8 cm³/mol. The summed E-state index contributed by atoms with van der Waals surface area (Å²) in [7, 11) is 0. The SMILES string of the molecule is Nc1cc(NCC(=O)N2CCCC2)ccc1[N+](=O)[O-]. The zero-order valence-electron chi connectivity index (χ0n) is 10.5. The summed E-state index contributed by atoms with van der Waals surface area (Å²) in [6, 6.07) is 4.35. The smallest absolute Gasteiger partial charge is 0.292 e. The largest absolute Gasteiger partial charge is 0.393 e. The normalized spacial score (nSPS) is 14.4. The molecule has 19 heavy (non-hydrogen) atoms. The maximum Gasteiger partial charge on any atom is 0.292 e. The monoisotopic (exact) mass is 264 g/mol. The summed E-state index contributed by atoms with van der Waals surface area (Å²) < 4.78 is 0. The Morgan fingerprint density at radius 1 is 1.42 bits per heavy atom. The van der Waals surface area contributed by atoms with E-state index in [-0.39, 0.29) is 23.8 Å². The lowest BCUT2D eigenvalue weighted by Gasteiger charge is -2.16. The molecule has 0 aliphatic carbocycles. The van der Waals surface area contributed by atoms with Crippen molar-refractivity contribution in [1.82, 2.24) is 4.90 Å².